The molecule has 0 radical (unpaired) electrons. The van der Waals surface area contributed by atoms with E-state index in [4.69, 9.17) is 39.5 Å². The van der Waals surface area contributed by atoms with Crippen LogP contribution in [0.25, 0.3) is 6.08 Å². The molecule has 1 saturated heterocycles. The van der Waals surface area contributed by atoms with E-state index < -0.39 is 11.1 Å². The molecule has 0 unspecified atom stereocenters. The highest BCUT2D eigenvalue weighted by Crippen LogP contribution is 2.39. The van der Waals surface area contributed by atoms with E-state index in [1.165, 1.54) is 25.3 Å². The van der Waals surface area contributed by atoms with Gasteiger partial charge in [0, 0.05) is 15.6 Å². The lowest BCUT2D eigenvalue weighted by molar-refractivity contribution is -0.123. The number of rotatable bonds is 4. The van der Waals surface area contributed by atoms with E-state index in [1.54, 1.807) is 18.2 Å². The van der Waals surface area contributed by atoms with Gasteiger partial charge in [-0.15, -0.1) is 0 Å². The molecule has 1 aliphatic heterocycles. The minimum atomic E-state index is -0.468. The van der Waals surface area contributed by atoms with Gasteiger partial charge in [-0.3, -0.25) is 14.5 Å². The van der Waals surface area contributed by atoms with Crippen molar-refractivity contribution in [3.63, 3.8) is 0 Å². The molecule has 0 aliphatic carbocycles. The highest BCUT2D eigenvalue weighted by atomic mass is 35.5. The van der Waals surface area contributed by atoms with Crippen molar-refractivity contribution in [2.45, 2.75) is 6.54 Å². The monoisotopic (exact) mass is 443 g/mol. The van der Waals surface area contributed by atoms with E-state index in [9.17, 15) is 14.7 Å². The number of amides is 2. The maximum atomic E-state index is 12.7. The van der Waals surface area contributed by atoms with Crippen LogP contribution in [0, 0.1) is 0 Å². The van der Waals surface area contributed by atoms with E-state index in [0.29, 0.717) is 21.2 Å². The smallest absolute Gasteiger partial charge is 0.293 e. The molecular weight excluding hydrogens is 433 g/mol. The first-order valence-electron chi connectivity index (χ1n) is 7.56. The molecule has 3 rings (SSSR count). The van der Waals surface area contributed by atoms with Crippen molar-refractivity contribution in [2.75, 3.05) is 7.11 Å². The number of carbonyl (C=O) groups excluding carboxylic acids is 2. The predicted octanol–water partition coefficient (Wildman–Crippen LogP) is 5.60. The number of aromatic hydroxyl groups is 1. The summed E-state index contributed by atoms with van der Waals surface area (Å²) in [6.45, 7) is -0.0276. The normalized spacial score (nSPS) is 15.7. The summed E-state index contributed by atoms with van der Waals surface area (Å²) in [6.07, 6.45) is 1.51. The first-order chi connectivity index (χ1) is 12.8. The highest BCUT2D eigenvalue weighted by Gasteiger charge is 2.35. The Hall–Kier alpha value is -1.86. The van der Waals surface area contributed by atoms with Crippen LogP contribution in [0.4, 0.5) is 4.79 Å². The number of hydrogen-bond donors (Lipinski definition) is 1. The van der Waals surface area contributed by atoms with E-state index in [-0.39, 0.29) is 28.0 Å². The molecule has 1 heterocycles. The van der Waals surface area contributed by atoms with Crippen molar-refractivity contribution in [2.24, 2.45) is 0 Å². The van der Waals surface area contributed by atoms with E-state index >= 15 is 0 Å². The Balaban J connectivity index is 1.90. The van der Waals surface area contributed by atoms with Crippen molar-refractivity contribution in [1.29, 1.82) is 0 Å². The Morgan fingerprint density at radius 1 is 1.15 bits per heavy atom. The maximum Gasteiger partial charge on any atom is 0.293 e. The van der Waals surface area contributed by atoms with Gasteiger partial charge in [-0.05, 0) is 47.7 Å². The molecule has 1 aliphatic rings. The summed E-state index contributed by atoms with van der Waals surface area (Å²) in [7, 11) is 1.39. The quantitative estimate of drug-likeness (QED) is 0.622. The Morgan fingerprint density at radius 2 is 1.81 bits per heavy atom. The second kappa shape index (κ2) is 8.02. The average Bonchev–Trinajstić information content (AvgIpc) is 2.88. The van der Waals surface area contributed by atoms with Gasteiger partial charge in [0.25, 0.3) is 11.1 Å². The molecule has 0 bridgehead atoms. The van der Waals surface area contributed by atoms with Crippen LogP contribution in [0.5, 0.6) is 11.5 Å². The first kappa shape index (κ1) is 19.9. The van der Waals surface area contributed by atoms with Crippen LogP contribution in [0.2, 0.25) is 15.1 Å². The molecule has 1 N–H and O–H groups in total. The third kappa shape index (κ3) is 4.04. The molecule has 0 spiro atoms. The minimum absolute atomic E-state index is 0.0276. The third-order valence-corrected chi connectivity index (χ3v) is 5.72. The van der Waals surface area contributed by atoms with E-state index in [1.807, 2.05) is 0 Å². The highest BCUT2D eigenvalue weighted by molar-refractivity contribution is 8.18. The van der Waals surface area contributed by atoms with Gasteiger partial charge in [-0.25, -0.2) is 0 Å². The standard InChI is InChI=1S/C18H12Cl3NO4S/c1-26-14-6-9(5-13(21)16(14)23)7-15-17(24)22(18(25)27-15)8-10-11(19)3-2-4-12(10)20/h2-7,23H,8H2,1H3/b15-7-. The van der Waals surface area contributed by atoms with Crippen LogP contribution in [-0.2, 0) is 11.3 Å². The molecule has 0 atom stereocenters. The van der Waals surface area contributed by atoms with Crippen LogP contribution in [0.1, 0.15) is 11.1 Å². The summed E-state index contributed by atoms with van der Waals surface area (Å²) in [5, 5.41) is 10.2. The average molecular weight is 445 g/mol. The fourth-order valence-electron chi connectivity index (χ4n) is 2.46. The first-order valence-corrected chi connectivity index (χ1v) is 9.51. The minimum Gasteiger partial charge on any atom is -0.503 e. The number of thioether (sulfide) groups is 1. The van der Waals surface area contributed by atoms with Gasteiger partial charge in [0.15, 0.2) is 11.5 Å². The van der Waals surface area contributed by atoms with Gasteiger partial charge in [0.05, 0.1) is 23.6 Å². The van der Waals surface area contributed by atoms with E-state index in [0.717, 1.165) is 16.7 Å². The van der Waals surface area contributed by atoms with Crippen molar-refractivity contribution in [3.8, 4) is 11.5 Å². The number of nitrogens with zero attached hydrogens (tertiary/aromatic N) is 1. The molecule has 140 valence electrons. The number of ether oxygens (including phenoxy) is 1. The van der Waals surface area contributed by atoms with Crippen LogP contribution in [-0.4, -0.2) is 28.3 Å². The van der Waals surface area contributed by atoms with Crippen LogP contribution < -0.4 is 4.74 Å². The second-order valence-corrected chi connectivity index (χ2v) is 7.74. The summed E-state index contributed by atoms with van der Waals surface area (Å²) in [5.74, 6) is -0.502. The largest absolute Gasteiger partial charge is 0.503 e. The lowest BCUT2D eigenvalue weighted by Gasteiger charge is -2.14. The van der Waals surface area contributed by atoms with Crippen molar-refractivity contribution >= 4 is 63.8 Å². The molecule has 2 aromatic rings. The van der Waals surface area contributed by atoms with Crippen LogP contribution >= 0.6 is 46.6 Å². The number of hydrogen-bond acceptors (Lipinski definition) is 5. The molecule has 1 fully saturated rings. The van der Waals surface area contributed by atoms with E-state index in [2.05, 4.69) is 0 Å². The molecule has 27 heavy (non-hydrogen) atoms. The lowest BCUT2D eigenvalue weighted by Crippen LogP contribution is -2.27. The summed E-state index contributed by atoms with van der Waals surface area (Å²) < 4.78 is 5.04. The number of halogens is 3. The van der Waals surface area contributed by atoms with Crippen LogP contribution in [0.15, 0.2) is 35.2 Å². The van der Waals surface area contributed by atoms with Gasteiger partial charge >= 0.3 is 0 Å². The van der Waals surface area contributed by atoms with Gasteiger partial charge in [-0.2, -0.15) is 0 Å². The van der Waals surface area contributed by atoms with Gasteiger partial charge in [0.2, 0.25) is 0 Å². The van der Waals surface area contributed by atoms with Gasteiger partial charge < -0.3 is 9.84 Å². The Morgan fingerprint density at radius 3 is 2.44 bits per heavy atom. The fourth-order valence-corrected chi connectivity index (χ4v) is 4.04. The van der Waals surface area contributed by atoms with Crippen molar-refractivity contribution in [1.82, 2.24) is 4.90 Å². The van der Waals surface area contributed by atoms with Gasteiger partial charge in [-0.1, -0.05) is 40.9 Å². The second-order valence-electron chi connectivity index (χ2n) is 5.52. The molecule has 0 aromatic heterocycles. The maximum absolute atomic E-state index is 12.7. The fraction of sp³-hybridized carbons (Fsp3) is 0.111. The summed E-state index contributed by atoms with van der Waals surface area (Å²) in [6, 6.07) is 7.95. The number of imide groups is 1. The summed E-state index contributed by atoms with van der Waals surface area (Å²) in [4.78, 5) is 26.3. The molecule has 5 nitrogen and oxygen atoms in total. The molecule has 2 aromatic carbocycles. The topological polar surface area (TPSA) is 66.8 Å². The SMILES string of the molecule is COc1cc(/C=C2\SC(=O)N(Cc3c(Cl)cccc3Cl)C2=O)cc(Cl)c1O. The van der Waals surface area contributed by atoms with Crippen LogP contribution in [0.3, 0.4) is 0 Å². The third-order valence-electron chi connectivity index (χ3n) is 3.82. The Kier molecular flexibility index (Phi) is 5.91. The van der Waals surface area contributed by atoms with Crippen molar-refractivity contribution in [3.05, 3.63) is 61.4 Å². The number of methoxy groups -OCH3 is 1. The summed E-state index contributed by atoms with van der Waals surface area (Å²) in [5.41, 5.74) is 1.01. The van der Waals surface area contributed by atoms with Crippen molar-refractivity contribution < 1.29 is 19.4 Å². The zero-order chi connectivity index (χ0) is 19.7. The summed E-state index contributed by atoms with van der Waals surface area (Å²) >= 11 is 19.0. The number of phenols is 1. The number of benzene rings is 2. The zero-order valence-electron chi connectivity index (χ0n) is 13.8. The Labute approximate surface area is 174 Å². The molecular formula is C18H12Cl3NO4S. The molecule has 2 amide bonds. The number of phenolic OH excluding ortho intramolecular Hbond substituents is 1. The predicted molar refractivity (Wildman–Crippen MR) is 108 cm³/mol. The zero-order valence-corrected chi connectivity index (χ0v) is 16.9. The molecule has 9 heteroatoms. The lowest BCUT2D eigenvalue weighted by atomic mass is 10.1. The Bertz CT molecular complexity index is 957. The van der Waals surface area contributed by atoms with Gasteiger partial charge in [0.1, 0.15) is 0 Å². The number of carbonyl (C=O) groups is 2. The molecule has 0 saturated carbocycles.